The molecule has 0 amide bonds. The molecule has 0 radical (unpaired) electrons. The van der Waals surface area contributed by atoms with Gasteiger partial charge >= 0.3 is 0 Å². The molecule has 1 N–H and O–H groups in total. The molecule has 2 aromatic rings. The van der Waals surface area contributed by atoms with Crippen molar-refractivity contribution in [3.05, 3.63) is 61.7 Å². The summed E-state index contributed by atoms with van der Waals surface area (Å²) in [4.78, 5) is 18.6. The normalized spacial score (nSPS) is 10.6. The van der Waals surface area contributed by atoms with Gasteiger partial charge in [-0.1, -0.05) is 36.2 Å². The maximum absolute atomic E-state index is 11.6. The van der Waals surface area contributed by atoms with Crippen molar-refractivity contribution in [3.8, 4) is 0 Å². The first-order chi connectivity index (χ1) is 8.60. The van der Waals surface area contributed by atoms with Crippen LogP contribution in [0.2, 0.25) is 10.0 Å². The predicted molar refractivity (Wildman–Crippen MR) is 73.5 cm³/mol. The topological polar surface area (TPSA) is 45.8 Å². The van der Waals surface area contributed by atoms with E-state index in [1.165, 1.54) is 0 Å². The van der Waals surface area contributed by atoms with Crippen LogP contribution < -0.4 is 5.56 Å². The average molecular weight is 283 g/mol. The van der Waals surface area contributed by atoms with Gasteiger partial charge in [0.15, 0.2) is 0 Å². The molecule has 0 unspecified atom stereocenters. The lowest BCUT2D eigenvalue weighted by atomic mass is 10.1. The van der Waals surface area contributed by atoms with Crippen molar-refractivity contribution in [2.45, 2.75) is 19.8 Å². The number of aromatic amines is 1. The number of halogens is 2. The van der Waals surface area contributed by atoms with Crippen LogP contribution in [0.1, 0.15) is 23.9 Å². The Morgan fingerprint density at radius 3 is 2.67 bits per heavy atom. The van der Waals surface area contributed by atoms with Crippen molar-refractivity contribution in [1.29, 1.82) is 0 Å². The van der Waals surface area contributed by atoms with Crippen molar-refractivity contribution < 1.29 is 0 Å². The Labute approximate surface area is 115 Å². The van der Waals surface area contributed by atoms with E-state index in [-0.39, 0.29) is 5.56 Å². The molecule has 0 atom stereocenters. The molecule has 18 heavy (non-hydrogen) atoms. The molecule has 0 aliphatic heterocycles. The van der Waals surface area contributed by atoms with E-state index in [4.69, 9.17) is 23.2 Å². The minimum Gasteiger partial charge on any atom is -0.310 e. The number of rotatable bonds is 3. The van der Waals surface area contributed by atoms with Gasteiger partial charge in [-0.25, -0.2) is 4.98 Å². The number of nitrogens with zero attached hydrogens (tertiary/aromatic N) is 1. The zero-order valence-corrected chi connectivity index (χ0v) is 11.3. The second kappa shape index (κ2) is 5.55. The largest absolute Gasteiger partial charge is 0.310 e. The molecule has 5 heteroatoms. The fraction of sp³-hybridized carbons (Fsp3) is 0.231. The fourth-order valence-corrected chi connectivity index (χ4v) is 1.96. The summed E-state index contributed by atoms with van der Waals surface area (Å²) in [5.41, 5.74) is 1.56. The first kappa shape index (κ1) is 13.1. The van der Waals surface area contributed by atoms with Gasteiger partial charge < -0.3 is 4.98 Å². The summed E-state index contributed by atoms with van der Waals surface area (Å²) >= 11 is 11.8. The van der Waals surface area contributed by atoms with Crippen molar-refractivity contribution in [1.82, 2.24) is 9.97 Å². The average Bonchev–Trinajstić information content (AvgIpc) is 2.34. The zero-order valence-electron chi connectivity index (χ0n) is 9.84. The summed E-state index contributed by atoms with van der Waals surface area (Å²) in [7, 11) is 0. The highest BCUT2D eigenvalue weighted by Gasteiger charge is 2.04. The monoisotopic (exact) mass is 282 g/mol. The third kappa shape index (κ3) is 2.92. The number of nitrogens with one attached hydrogen (secondary N) is 1. The Morgan fingerprint density at radius 1 is 1.28 bits per heavy atom. The molecule has 1 aromatic carbocycles. The lowest BCUT2D eigenvalue weighted by molar-refractivity contribution is 0.908. The van der Waals surface area contributed by atoms with E-state index in [2.05, 4.69) is 9.97 Å². The minimum absolute atomic E-state index is 0.0810. The molecule has 0 saturated carbocycles. The quantitative estimate of drug-likeness (QED) is 0.940. The summed E-state index contributed by atoms with van der Waals surface area (Å²) in [6, 6.07) is 5.37. The van der Waals surface area contributed by atoms with Crippen molar-refractivity contribution >= 4 is 23.2 Å². The fourth-order valence-electron chi connectivity index (χ4n) is 1.64. The highest BCUT2D eigenvalue weighted by molar-refractivity contribution is 6.42. The minimum atomic E-state index is -0.0810. The maximum Gasteiger partial charge on any atom is 0.254 e. The Morgan fingerprint density at radius 2 is 2.06 bits per heavy atom. The first-order valence-corrected chi connectivity index (χ1v) is 6.36. The predicted octanol–water partition coefficient (Wildman–Crippen LogP) is 3.23. The Bertz CT molecular complexity index is 623. The van der Waals surface area contributed by atoms with Crippen molar-refractivity contribution in [2.75, 3.05) is 0 Å². The summed E-state index contributed by atoms with van der Waals surface area (Å²) in [5.74, 6) is 0.621. The van der Waals surface area contributed by atoms with Gasteiger partial charge in [0.05, 0.1) is 10.0 Å². The Kier molecular flexibility index (Phi) is 4.04. The van der Waals surface area contributed by atoms with Crippen LogP contribution in [0.25, 0.3) is 0 Å². The maximum atomic E-state index is 11.6. The van der Waals surface area contributed by atoms with Gasteiger partial charge in [-0.2, -0.15) is 0 Å². The van der Waals surface area contributed by atoms with E-state index in [0.29, 0.717) is 34.3 Å². The number of hydrogen-bond donors (Lipinski definition) is 1. The van der Waals surface area contributed by atoms with Crippen LogP contribution in [0, 0.1) is 0 Å². The smallest absolute Gasteiger partial charge is 0.254 e. The molecular formula is C13H12Cl2N2O. The number of benzene rings is 1. The third-order valence-corrected chi connectivity index (χ3v) is 3.40. The van der Waals surface area contributed by atoms with Gasteiger partial charge in [-0.3, -0.25) is 4.79 Å². The molecule has 3 nitrogen and oxygen atoms in total. The lowest BCUT2D eigenvalue weighted by Gasteiger charge is -2.04. The summed E-state index contributed by atoms with van der Waals surface area (Å²) in [6.07, 6.45) is 2.82. The van der Waals surface area contributed by atoms with E-state index >= 15 is 0 Å². The van der Waals surface area contributed by atoms with Crippen LogP contribution >= 0.6 is 23.2 Å². The van der Waals surface area contributed by atoms with Crippen LogP contribution in [-0.2, 0) is 12.8 Å². The third-order valence-electron chi connectivity index (χ3n) is 2.66. The van der Waals surface area contributed by atoms with Crippen molar-refractivity contribution in [3.63, 3.8) is 0 Å². The second-order valence-electron chi connectivity index (χ2n) is 3.96. The lowest BCUT2D eigenvalue weighted by Crippen LogP contribution is -2.15. The molecular weight excluding hydrogens is 271 g/mol. The molecule has 0 spiro atoms. The van der Waals surface area contributed by atoms with E-state index < -0.39 is 0 Å². The summed E-state index contributed by atoms with van der Waals surface area (Å²) in [5, 5.41) is 1.02. The molecule has 94 valence electrons. The van der Waals surface area contributed by atoms with Gasteiger partial charge in [0.2, 0.25) is 0 Å². The van der Waals surface area contributed by atoms with E-state index in [9.17, 15) is 4.79 Å². The second-order valence-corrected chi connectivity index (χ2v) is 4.78. The van der Waals surface area contributed by atoms with Crippen LogP contribution in [0.5, 0.6) is 0 Å². The SMILES string of the molecule is CCc1cnc(Cc2ccc(Cl)c(Cl)c2)[nH]c1=O. The number of aromatic nitrogens is 2. The Balaban J connectivity index is 2.26. The van der Waals surface area contributed by atoms with Crippen LogP contribution in [0.4, 0.5) is 0 Å². The van der Waals surface area contributed by atoms with Gasteiger partial charge in [-0.15, -0.1) is 0 Å². The van der Waals surface area contributed by atoms with Gasteiger partial charge in [0.1, 0.15) is 5.82 Å². The molecule has 0 aliphatic carbocycles. The molecule has 0 saturated heterocycles. The summed E-state index contributed by atoms with van der Waals surface area (Å²) < 4.78 is 0. The van der Waals surface area contributed by atoms with Gasteiger partial charge in [0.25, 0.3) is 5.56 Å². The Hall–Kier alpha value is -1.32. The van der Waals surface area contributed by atoms with E-state index in [1.54, 1.807) is 18.3 Å². The van der Waals surface area contributed by atoms with E-state index in [1.807, 2.05) is 13.0 Å². The molecule has 1 heterocycles. The van der Waals surface area contributed by atoms with Gasteiger partial charge in [0, 0.05) is 18.2 Å². The number of aryl methyl sites for hydroxylation is 1. The molecule has 0 aliphatic rings. The molecule has 2 rings (SSSR count). The highest BCUT2D eigenvalue weighted by Crippen LogP contribution is 2.23. The van der Waals surface area contributed by atoms with E-state index in [0.717, 1.165) is 5.56 Å². The molecule has 1 aromatic heterocycles. The first-order valence-electron chi connectivity index (χ1n) is 5.61. The van der Waals surface area contributed by atoms with Crippen LogP contribution in [-0.4, -0.2) is 9.97 Å². The molecule has 0 bridgehead atoms. The van der Waals surface area contributed by atoms with Crippen LogP contribution in [0.15, 0.2) is 29.2 Å². The summed E-state index contributed by atoms with van der Waals surface area (Å²) in [6.45, 7) is 1.92. The van der Waals surface area contributed by atoms with Crippen LogP contribution in [0.3, 0.4) is 0 Å². The number of H-pyrrole nitrogens is 1. The number of hydrogen-bond acceptors (Lipinski definition) is 2. The zero-order chi connectivity index (χ0) is 13.1. The standard InChI is InChI=1S/C13H12Cl2N2O/c1-2-9-7-16-12(17-13(9)18)6-8-3-4-10(14)11(15)5-8/h3-5,7H,2,6H2,1H3,(H,16,17,18). The molecule has 0 fully saturated rings. The highest BCUT2D eigenvalue weighted by atomic mass is 35.5. The van der Waals surface area contributed by atoms with Gasteiger partial charge in [-0.05, 0) is 24.1 Å². The van der Waals surface area contributed by atoms with Crippen molar-refractivity contribution in [2.24, 2.45) is 0 Å².